The molecule has 0 saturated heterocycles. The average Bonchev–Trinajstić information content (AvgIpc) is 2.28. The highest BCUT2D eigenvalue weighted by Gasteiger charge is 2.26. The summed E-state index contributed by atoms with van der Waals surface area (Å²) in [5.74, 6) is 0.517. The van der Waals surface area contributed by atoms with Gasteiger partial charge in [0, 0.05) is 11.7 Å². The van der Waals surface area contributed by atoms with E-state index in [1.165, 1.54) is 20.0 Å². The first kappa shape index (κ1) is 12.0. The Labute approximate surface area is 102 Å². The van der Waals surface area contributed by atoms with E-state index < -0.39 is 0 Å². The Bertz CT molecular complexity index is 422. The minimum atomic E-state index is -0.274. The lowest BCUT2D eigenvalue weighted by Gasteiger charge is -2.34. The highest BCUT2D eigenvalue weighted by atomic mass is 16.5. The monoisotopic (exact) mass is 233 g/mol. The van der Waals surface area contributed by atoms with Crippen LogP contribution in [-0.2, 0) is 4.74 Å². The van der Waals surface area contributed by atoms with Gasteiger partial charge < -0.3 is 10.1 Å². The first-order valence-electron chi connectivity index (χ1n) is 6.05. The molecule has 2 rings (SSSR count). The van der Waals surface area contributed by atoms with Crippen molar-refractivity contribution in [1.29, 1.82) is 0 Å². The number of nitrogens with one attached hydrogen (secondary N) is 1. The molecule has 1 N–H and O–H groups in total. The van der Waals surface area contributed by atoms with Crippen molar-refractivity contribution in [1.82, 2.24) is 0 Å². The molecule has 0 aromatic heterocycles. The molecule has 1 aromatic carbocycles. The SMILES string of the molecule is COC(=O)c1cc(C)ccc1NC1CC(C)C1. The molecule has 3 heteroatoms. The summed E-state index contributed by atoms with van der Waals surface area (Å²) < 4.78 is 4.81. The lowest BCUT2D eigenvalue weighted by molar-refractivity contribution is 0.0601. The average molecular weight is 233 g/mol. The van der Waals surface area contributed by atoms with Crippen LogP contribution >= 0.6 is 0 Å². The predicted octanol–water partition coefficient (Wildman–Crippen LogP) is 2.99. The van der Waals surface area contributed by atoms with Crippen LogP contribution in [0.25, 0.3) is 0 Å². The molecule has 0 unspecified atom stereocenters. The van der Waals surface area contributed by atoms with Gasteiger partial charge in [0.05, 0.1) is 12.7 Å². The van der Waals surface area contributed by atoms with Crippen molar-refractivity contribution in [2.24, 2.45) is 5.92 Å². The number of methoxy groups -OCH3 is 1. The molecule has 0 amide bonds. The summed E-state index contributed by atoms with van der Waals surface area (Å²) in [5.41, 5.74) is 2.59. The summed E-state index contributed by atoms with van der Waals surface area (Å²) >= 11 is 0. The van der Waals surface area contributed by atoms with Crippen LogP contribution < -0.4 is 5.32 Å². The molecule has 1 saturated carbocycles. The number of rotatable bonds is 3. The molecular formula is C14H19NO2. The van der Waals surface area contributed by atoms with Gasteiger partial charge >= 0.3 is 5.97 Å². The summed E-state index contributed by atoms with van der Waals surface area (Å²) in [7, 11) is 1.42. The van der Waals surface area contributed by atoms with Gasteiger partial charge in [0.2, 0.25) is 0 Å². The van der Waals surface area contributed by atoms with Gasteiger partial charge in [-0.05, 0) is 37.8 Å². The van der Waals surface area contributed by atoms with E-state index in [0.717, 1.165) is 17.2 Å². The number of carbonyl (C=O) groups excluding carboxylic acids is 1. The summed E-state index contributed by atoms with van der Waals surface area (Å²) in [6.45, 7) is 4.22. The van der Waals surface area contributed by atoms with Crippen molar-refractivity contribution in [2.45, 2.75) is 32.7 Å². The van der Waals surface area contributed by atoms with Gasteiger partial charge in [-0.25, -0.2) is 4.79 Å². The minimum Gasteiger partial charge on any atom is -0.465 e. The van der Waals surface area contributed by atoms with E-state index in [0.29, 0.717) is 11.6 Å². The summed E-state index contributed by atoms with van der Waals surface area (Å²) in [6.07, 6.45) is 2.35. The van der Waals surface area contributed by atoms with Crippen LogP contribution in [0.15, 0.2) is 18.2 Å². The normalized spacial score (nSPS) is 22.8. The van der Waals surface area contributed by atoms with Crippen molar-refractivity contribution in [3.8, 4) is 0 Å². The number of ether oxygens (including phenoxy) is 1. The smallest absolute Gasteiger partial charge is 0.339 e. The maximum absolute atomic E-state index is 11.7. The first-order chi connectivity index (χ1) is 8.10. The molecule has 0 radical (unpaired) electrons. The number of anilines is 1. The van der Waals surface area contributed by atoms with Gasteiger partial charge in [0.15, 0.2) is 0 Å². The molecule has 0 aliphatic heterocycles. The van der Waals surface area contributed by atoms with E-state index in [-0.39, 0.29) is 5.97 Å². The van der Waals surface area contributed by atoms with E-state index in [2.05, 4.69) is 12.2 Å². The van der Waals surface area contributed by atoms with Crippen LogP contribution in [0, 0.1) is 12.8 Å². The Hall–Kier alpha value is -1.51. The van der Waals surface area contributed by atoms with Crippen molar-refractivity contribution in [2.75, 3.05) is 12.4 Å². The van der Waals surface area contributed by atoms with Crippen LogP contribution in [0.4, 0.5) is 5.69 Å². The number of hydrogen-bond donors (Lipinski definition) is 1. The van der Waals surface area contributed by atoms with Crippen molar-refractivity contribution < 1.29 is 9.53 Å². The fourth-order valence-corrected chi connectivity index (χ4v) is 2.30. The fraction of sp³-hybridized carbons (Fsp3) is 0.500. The third-order valence-electron chi connectivity index (χ3n) is 3.31. The number of carbonyl (C=O) groups is 1. The zero-order valence-electron chi connectivity index (χ0n) is 10.6. The largest absolute Gasteiger partial charge is 0.465 e. The number of benzene rings is 1. The van der Waals surface area contributed by atoms with Crippen LogP contribution in [0.5, 0.6) is 0 Å². The first-order valence-corrected chi connectivity index (χ1v) is 6.05. The van der Waals surface area contributed by atoms with Crippen molar-refractivity contribution >= 4 is 11.7 Å². The lowest BCUT2D eigenvalue weighted by Crippen LogP contribution is -2.34. The van der Waals surface area contributed by atoms with E-state index in [1.807, 2.05) is 25.1 Å². The molecule has 0 atom stereocenters. The van der Waals surface area contributed by atoms with E-state index in [1.54, 1.807) is 0 Å². The summed E-state index contributed by atoms with van der Waals surface area (Å²) in [6, 6.07) is 6.34. The molecule has 1 fully saturated rings. The van der Waals surface area contributed by atoms with Gasteiger partial charge in [0.1, 0.15) is 0 Å². The van der Waals surface area contributed by atoms with Crippen LogP contribution in [0.3, 0.4) is 0 Å². The van der Waals surface area contributed by atoms with Crippen LogP contribution in [0.2, 0.25) is 0 Å². The molecule has 17 heavy (non-hydrogen) atoms. The molecule has 0 heterocycles. The Morgan fingerprint density at radius 2 is 2.12 bits per heavy atom. The predicted molar refractivity (Wildman–Crippen MR) is 68.3 cm³/mol. The Morgan fingerprint density at radius 1 is 1.41 bits per heavy atom. The molecule has 3 nitrogen and oxygen atoms in total. The van der Waals surface area contributed by atoms with Gasteiger partial charge in [-0.15, -0.1) is 0 Å². The number of esters is 1. The zero-order chi connectivity index (χ0) is 12.4. The van der Waals surface area contributed by atoms with Gasteiger partial charge in [-0.3, -0.25) is 0 Å². The van der Waals surface area contributed by atoms with Crippen LogP contribution in [0.1, 0.15) is 35.7 Å². The number of aryl methyl sites for hydroxylation is 1. The molecule has 0 bridgehead atoms. The van der Waals surface area contributed by atoms with Crippen molar-refractivity contribution in [3.05, 3.63) is 29.3 Å². The lowest BCUT2D eigenvalue weighted by atomic mass is 9.81. The Kier molecular flexibility index (Phi) is 3.36. The molecule has 0 spiro atoms. The molecule has 1 aromatic rings. The highest BCUT2D eigenvalue weighted by molar-refractivity contribution is 5.95. The molecular weight excluding hydrogens is 214 g/mol. The highest BCUT2D eigenvalue weighted by Crippen LogP contribution is 2.30. The van der Waals surface area contributed by atoms with E-state index >= 15 is 0 Å². The Balaban J connectivity index is 2.17. The topological polar surface area (TPSA) is 38.3 Å². The minimum absolute atomic E-state index is 0.274. The van der Waals surface area contributed by atoms with Gasteiger partial charge in [0.25, 0.3) is 0 Å². The van der Waals surface area contributed by atoms with Crippen molar-refractivity contribution in [3.63, 3.8) is 0 Å². The van der Waals surface area contributed by atoms with E-state index in [9.17, 15) is 4.79 Å². The van der Waals surface area contributed by atoms with Crippen LogP contribution in [-0.4, -0.2) is 19.1 Å². The van der Waals surface area contributed by atoms with Gasteiger partial charge in [-0.2, -0.15) is 0 Å². The zero-order valence-corrected chi connectivity index (χ0v) is 10.6. The second-order valence-corrected chi connectivity index (χ2v) is 4.96. The maximum atomic E-state index is 11.7. The third-order valence-corrected chi connectivity index (χ3v) is 3.31. The second-order valence-electron chi connectivity index (χ2n) is 4.96. The molecule has 1 aliphatic rings. The molecule has 1 aliphatic carbocycles. The second kappa shape index (κ2) is 4.78. The number of hydrogen-bond acceptors (Lipinski definition) is 3. The summed E-state index contributed by atoms with van der Waals surface area (Å²) in [4.78, 5) is 11.7. The third kappa shape index (κ3) is 2.60. The molecule has 92 valence electrons. The maximum Gasteiger partial charge on any atom is 0.339 e. The fourth-order valence-electron chi connectivity index (χ4n) is 2.30. The van der Waals surface area contributed by atoms with E-state index in [4.69, 9.17) is 4.74 Å². The standard InChI is InChI=1S/C14H19NO2/c1-9-4-5-13(12(8-9)14(16)17-3)15-11-6-10(2)7-11/h4-5,8,10-11,15H,6-7H2,1-3H3. The summed E-state index contributed by atoms with van der Waals surface area (Å²) in [5, 5.41) is 3.42. The van der Waals surface area contributed by atoms with Gasteiger partial charge in [-0.1, -0.05) is 18.6 Å². The quantitative estimate of drug-likeness (QED) is 0.816. The Morgan fingerprint density at radius 3 is 2.71 bits per heavy atom.